The highest BCUT2D eigenvalue weighted by Gasteiger charge is 2.10. The second kappa shape index (κ2) is 5.62. The van der Waals surface area contributed by atoms with Crippen LogP contribution in [0.25, 0.3) is 0 Å². The molecule has 0 aliphatic heterocycles. The van der Waals surface area contributed by atoms with E-state index in [0.29, 0.717) is 10.4 Å². The van der Waals surface area contributed by atoms with E-state index in [1.165, 1.54) is 13.3 Å². The summed E-state index contributed by atoms with van der Waals surface area (Å²) in [7, 11) is 1.46. The lowest BCUT2D eigenvalue weighted by Gasteiger charge is -2.05. The van der Waals surface area contributed by atoms with E-state index >= 15 is 0 Å². The van der Waals surface area contributed by atoms with Crippen LogP contribution in [0.1, 0.15) is 0 Å². The third-order valence-electron chi connectivity index (χ3n) is 1.98. The van der Waals surface area contributed by atoms with Crippen molar-refractivity contribution in [2.24, 2.45) is 0 Å². The predicted octanol–water partition coefficient (Wildman–Crippen LogP) is 3.68. The van der Waals surface area contributed by atoms with E-state index in [9.17, 15) is 8.78 Å². The van der Waals surface area contributed by atoms with Crippen molar-refractivity contribution >= 4 is 27.7 Å². The molecule has 0 N–H and O–H groups in total. The number of aromatic nitrogens is 2. The fourth-order valence-electron chi connectivity index (χ4n) is 1.18. The van der Waals surface area contributed by atoms with Crippen LogP contribution in [-0.2, 0) is 0 Å². The standard InChI is InChI=1S/C11H7BrF2N2OS/c1-17-10-7(12)5-15-11(16-10)18-9-4-6(13)2-3-8(9)14/h2-5H,1H3. The Bertz CT molecular complexity index is 583. The molecule has 0 aliphatic rings. The zero-order valence-electron chi connectivity index (χ0n) is 9.15. The molecule has 0 aliphatic carbocycles. The summed E-state index contributed by atoms with van der Waals surface area (Å²) in [5.74, 6) is -0.695. The van der Waals surface area contributed by atoms with Gasteiger partial charge in [-0.15, -0.1) is 0 Å². The van der Waals surface area contributed by atoms with Crippen LogP contribution >= 0.6 is 27.7 Å². The molecular formula is C11H7BrF2N2OS. The van der Waals surface area contributed by atoms with Crippen molar-refractivity contribution in [2.75, 3.05) is 7.11 Å². The first-order valence-electron chi connectivity index (χ1n) is 4.79. The number of methoxy groups -OCH3 is 1. The number of nitrogens with zero attached hydrogens (tertiary/aromatic N) is 2. The van der Waals surface area contributed by atoms with Crippen LogP contribution in [0.2, 0.25) is 0 Å². The third-order valence-corrected chi connectivity index (χ3v) is 3.43. The molecule has 2 aromatic rings. The van der Waals surface area contributed by atoms with Gasteiger partial charge in [-0.25, -0.2) is 13.8 Å². The van der Waals surface area contributed by atoms with E-state index in [-0.39, 0.29) is 10.1 Å². The molecule has 0 saturated carbocycles. The molecule has 0 atom stereocenters. The van der Waals surface area contributed by atoms with Crippen molar-refractivity contribution < 1.29 is 13.5 Å². The quantitative estimate of drug-likeness (QED) is 0.803. The van der Waals surface area contributed by atoms with Crippen molar-refractivity contribution in [3.63, 3.8) is 0 Å². The highest BCUT2D eigenvalue weighted by molar-refractivity contribution is 9.10. The first-order valence-corrected chi connectivity index (χ1v) is 6.40. The molecule has 94 valence electrons. The maximum Gasteiger partial charge on any atom is 0.231 e. The number of benzene rings is 1. The van der Waals surface area contributed by atoms with Gasteiger partial charge < -0.3 is 4.74 Å². The van der Waals surface area contributed by atoms with Gasteiger partial charge in [0.05, 0.1) is 16.5 Å². The molecule has 0 saturated heterocycles. The van der Waals surface area contributed by atoms with Crippen LogP contribution in [0.3, 0.4) is 0 Å². The molecule has 0 spiro atoms. The van der Waals surface area contributed by atoms with Crippen molar-refractivity contribution in [1.29, 1.82) is 0 Å². The van der Waals surface area contributed by atoms with Gasteiger partial charge in [0.25, 0.3) is 0 Å². The Hall–Kier alpha value is -1.21. The molecule has 0 radical (unpaired) electrons. The van der Waals surface area contributed by atoms with E-state index in [1.807, 2.05) is 0 Å². The number of ether oxygens (including phenoxy) is 1. The van der Waals surface area contributed by atoms with Crippen LogP contribution < -0.4 is 4.74 Å². The minimum Gasteiger partial charge on any atom is -0.480 e. The normalized spacial score (nSPS) is 10.4. The van der Waals surface area contributed by atoms with E-state index in [0.717, 1.165) is 30.0 Å². The second-order valence-electron chi connectivity index (χ2n) is 3.19. The molecule has 0 unspecified atom stereocenters. The van der Waals surface area contributed by atoms with Gasteiger partial charge in [-0.05, 0) is 45.9 Å². The van der Waals surface area contributed by atoms with Gasteiger partial charge >= 0.3 is 0 Å². The summed E-state index contributed by atoms with van der Waals surface area (Å²) in [5, 5.41) is 0.277. The molecule has 3 nitrogen and oxygen atoms in total. The molecule has 2 rings (SSSR count). The fraction of sp³-hybridized carbons (Fsp3) is 0.0909. The molecule has 1 aromatic carbocycles. The van der Waals surface area contributed by atoms with E-state index in [4.69, 9.17) is 4.74 Å². The van der Waals surface area contributed by atoms with Crippen molar-refractivity contribution in [3.05, 3.63) is 40.5 Å². The van der Waals surface area contributed by atoms with E-state index < -0.39 is 11.6 Å². The van der Waals surface area contributed by atoms with E-state index in [2.05, 4.69) is 25.9 Å². The van der Waals surface area contributed by atoms with Crippen molar-refractivity contribution in [2.45, 2.75) is 10.1 Å². The van der Waals surface area contributed by atoms with Crippen LogP contribution in [0.4, 0.5) is 8.78 Å². The Morgan fingerprint density at radius 3 is 2.83 bits per heavy atom. The molecule has 1 heterocycles. The number of hydrogen-bond donors (Lipinski definition) is 0. The van der Waals surface area contributed by atoms with Crippen LogP contribution in [0, 0.1) is 11.6 Å². The second-order valence-corrected chi connectivity index (χ2v) is 5.05. The minimum absolute atomic E-state index is 0.124. The topological polar surface area (TPSA) is 35.0 Å². The van der Waals surface area contributed by atoms with Gasteiger partial charge in [0.15, 0.2) is 5.16 Å². The van der Waals surface area contributed by atoms with Crippen LogP contribution in [0.15, 0.2) is 38.9 Å². The summed E-state index contributed by atoms with van der Waals surface area (Å²) in [6.45, 7) is 0. The molecular weight excluding hydrogens is 326 g/mol. The summed E-state index contributed by atoms with van der Waals surface area (Å²) >= 11 is 4.14. The first kappa shape index (κ1) is 13.2. The van der Waals surface area contributed by atoms with Gasteiger partial charge in [0.1, 0.15) is 11.6 Å². The summed E-state index contributed by atoms with van der Waals surface area (Å²) in [6.07, 6.45) is 1.49. The highest BCUT2D eigenvalue weighted by atomic mass is 79.9. The molecule has 0 amide bonds. The predicted molar refractivity (Wildman–Crippen MR) is 66.8 cm³/mol. The summed E-state index contributed by atoms with van der Waals surface area (Å²) < 4.78 is 32.0. The first-order chi connectivity index (χ1) is 8.60. The molecule has 18 heavy (non-hydrogen) atoms. The average Bonchev–Trinajstić information content (AvgIpc) is 2.36. The van der Waals surface area contributed by atoms with Crippen LogP contribution in [0.5, 0.6) is 5.88 Å². The lowest BCUT2D eigenvalue weighted by molar-refractivity contribution is 0.389. The zero-order valence-corrected chi connectivity index (χ0v) is 11.6. The Kier molecular flexibility index (Phi) is 4.13. The Labute approximate surface area is 115 Å². The number of hydrogen-bond acceptors (Lipinski definition) is 4. The molecule has 1 aromatic heterocycles. The van der Waals surface area contributed by atoms with Gasteiger partial charge in [0, 0.05) is 6.20 Å². The lowest BCUT2D eigenvalue weighted by atomic mass is 10.3. The summed E-state index contributed by atoms with van der Waals surface area (Å²) in [6, 6.07) is 3.22. The maximum atomic E-state index is 13.4. The van der Waals surface area contributed by atoms with Crippen LogP contribution in [-0.4, -0.2) is 17.1 Å². The third kappa shape index (κ3) is 2.97. The molecule has 0 fully saturated rings. The van der Waals surface area contributed by atoms with E-state index in [1.54, 1.807) is 0 Å². The SMILES string of the molecule is COc1nc(Sc2cc(F)ccc2F)ncc1Br. The van der Waals surface area contributed by atoms with Gasteiger partial charge in [-0.3, -0.25) is 0 Å². The summed E-state index contributed by atoms with van der Waals surface area (Å²) in [4.78, 5) is 8.16. The number of rotatable bonds is 3. The molecule has 7 heteroatoms. The largest absolute Gasteiger partial charge is 0.480 e. The van der Waals surface area contributed by atoms with Crippen molar-refractivity contribution in [3.8, 4) is 5.88 Å². The van der Waals surface area contributed by atoms with Gasteiger partial charge in [-0.2, -0.15) is 4.98 Å². The molecule has 0 bridgehead atoms. The summed E-state index contributed by atoms with van der Waals surface area (Å²) in [5.41, 5.74) is 0. The Morgan fingerprint density at radius 2 is 2.11 bits per heavy atom. The Balaban J connectivity index is 2.31. The minimum atomic E-state index is -0.521. The lowest BCUT2D eigenvalue weighted by Crippen LogP contribution is -1.94. The van der Waals surface area contributed by atoms with Crippen molar-refractivity contribution in [1.82, 2.24) is 9.97 Å². The number of halogens is 3. The van der Waals surface area contributed by atoms with Gasteiger partial charge in [-0.1, -0.05) is 0 Å². The maximum absolute atomic E-state index is 13.4. The highest BCUT2D eigenvalue weighted by Crippen LogP contribution is 2.30. The van der Waals surface area contributed by atoms with Gasteiger partial charge in [0.2, 0.25) is 5.88 Å². The average molecular weight is 333 g/mol. The smallest absolute Gasteiger partial charge is 0.231 e. The monoisotopic (exact) mass is 332 g/mol. The Morgan fingerprint density at radius 1 is 1.33 bits per heavy atom. The fourth-order valence-corrected chi connectivity index (χ4v) is 2.30. The zero-order chi connectivity index (χ0) is 13.1.